The van der Waals surface area contributed by atoms with Crippen LogP contribution in [0.1, 0.15) is 46.0 Å². The Balaban J connectivity index is 1.65. The molecule has 3 heterocycles. The normalized spacial score (nSPS) is 15.3. The smallest absolute Gasteiger partial charge is 0.225 e. The summed E-state index contributed by atoms with van der Waals surface area (Å²) in [7, 11) is 0. The van der Waals surface area contributed by atoms with Gasteiger partial charge in [-0.1, -0.05) is 6.92 Å². The molecule has 26 heavy (non-hydrogen) atoms. The van der Waals surface area contributed by atoms with Crippen LogP contribution in [0.2, 0.25) is 0 Å². The fourth-order valence-electron chi connectivity index (χ4n) is 3.59. The van der Waals surface area contributed by atoms with Gasteiger partial charge in [0.25, 0.3) is 0 Å². The fourth-order valence-corrected chi connectivity index (χ4v) is 3.59. The molecule has 0 saturated carbocycles. The highest BCUT2D eigenvalue weighted by Crippen LogP contribution is 2.21. The molecule has 1 saturated heterocycles. The van der Waals surface area contributed by atoms with Crippen molar-refractivity contribution in [1.82, 2.24) is 19.9 Å². The van der Waals surface area contributed by atoms with Crippen LogP contribution in [0, 0.1) is 6.92 Å². The van der Waals surface area contributed by atoms with Crippen LogP contribution >= 0.6 is 0 Å². The van der Waals surface area contributed by atoms with E-state index in [1.807, 2.05) is 13.8 Å². The molecule has 1 fully saturated rings. The van der Waals surface area contributed by atoms with Gasteiger partial charge in [0, 0.05) is 49.8 Å². The van der Waals surface area contributed by atoms with Crippen LogP contribution < -0.4 is 4.90 Å². The van der Waals surface area contributed by atoms with Gasteiger partial charge in [-0.05, 0) is 31.9 Å². The lowest BCUT2D eigenvalue weighted by Crippen LogP contribution is -2.48. The number of rotatable bonds is 6. The SMILES string of the molecule is CCc1c(C(=O)CN2CCN(c3ncccn3)CC2)[nH]c(C)c1C(C)=O. The van der Waals surface area contributed by atoms with Crippen LogP contribution in [-0.4, -0.2) is 64.1 Å². The zero-order valence-corrected chi connectivity index (χ0v) is 15.6. The summed E-state index contributed by atoms with van der Waals surface area (Å²) < 4.78 is 0. The molecule has 0 aromatic carbocycles. The summed E-state index contributed by atoms with van der Waals surface area (Å²) in [4.78, 5) is 40.7. The number of carbonyl (C=O) groups excluding carboxylic acids is 2. The minimum atomic E-state index is 0.00567. The Kier molecular flexibility index (Phi) is 5.46. The average molecular weight is 355 g/mol. The Bertz CT molecular complexity index is 792. The Hall–Kier alpha value is -2.54. The lowest BCUT2D eigenvalue weighted by molar-refractivity contribution is 0.0920. The van der Waals surface area contributed by atoms with Gasteiger partial charge in [0.1, 0.15) is 0 Å². The van der Waals surface area contributed by atoms with Crippen LogP contribution in [0.4, 0.5) is 5.95 Å². The molecule has 0 radical (unpaired) electrons. The van der Waals surface area contributed by atoms with Crippen molar-refractivity contribution in [3.63, 3.8) is 0 Å². The third-order valence-corrected chi connectivity index (χ3v) is 4.85. The second-order valence-electron chi connectivity index (χ2n) is 6.62. The summed E-state index contributed by atoms with van der Waals surface area (Å²) in [6.07, 6.45) is 4.15. The number of aryl methyl sites for hydroxylation is 1. The number of nitrogens with one attached hydrogen (secondary N) is 1. The molecule has 1 N–H and O–H groups in total. The number of aromatic nitrogens is 3. The number of Topliss-reactive ketones (excluding diaryl/α,β-unsaturated/α-hetero) is 2. The van der Waals surface area contributed by atoms with Gasteiger partial charge in [-0.25, -0.2) is 9.97 Å². The standard InChI is InChI=1S/C19H25N5O2/c1-4-15-17(14(3)25)13(2)22-18(15)16(26)12-23-8-10-24(11-9-23)19-20-6-5-7-21-19/h5-7,22H,4,8-12H2,1-3H3. The van der Waals surface area contributed by atoms with Crippen molar-refractivity contribution in [3.8, 4) is 0 Å². The summed E-state index contributed by atoms with van der Waals surface area (Å²) in [6, 6.07) is 1.80. The van der Waals surface area contributed by atoms with E-state index in [0.717, 1.165) is 43.4 Å². The van der Waals surface area contributed by atoms with E-state index in [0.29, 0.717) is 24.2 Å². The van der Waals surface area contributed by atoms with Crippen LogP contribution in [-0.2, 0) is 6.42 Å². The zero-order chi connectivity index (χ0) is 18.7. The van der Waals surface area contributed by atoms with Crippen LogP contribution in [0.15, 0.2) is 18.5 Å². The molecule has 138 valence electrons. The first-order valence-electron chi connectivity index (χ1n) is 9.01. The van der Waals surface area contributed by atoms with E-state index in [1.54, 1.807) is 25.4 Å². The molecule has 2 aromatic heterocycles. The molecule has 0 atom stereocenters. The van der Waals surface area contributed by atoms with Crippen molar-refractivity contribution in [1.29, 1.82) is 0 Å². The van der Waals surface area contributed by atoms with Gasteiger partial charge in [-0.3, -0.25) is 14.5 Å². The predicted octanol–water partition coefficient (Wildman–Crippen LogP) is 1.88. The molecule has 0 unspecified atom stereocenters. The third-order valence-electron chi connectivity index (χ3n) is 4.85. The molecule has 7 heteroatoms. The lowest BCUT2D eigenvalue weighted by Gasteiger charge is -2.34. The molecule has 2 aromatic rings. The van der Waals surface area contributed by atoms with E-state index >= 15 is 0 Å². The third kappa shape index (κ3) is 3.67. The summed E-state index contributed by atoms with van der Waals surface area (Å²) in [5, 5.41) is 0. The number of hydrogen-bond acceptors (Lipinski definition) is 6. The van der Waals surface area contributed by atoms with Crippen LogP contribution in [0.25, 0.3) is 0 Å². The second-order valence-corrected chi connectivity index (χ2v) is 6.62. The van der Waals surface area contributed by atoms with E-state index in [-0.39, 0.29) is 11.6 Å². The molecular weight excluding hydrogens is 330 g/mol. The van der Waals surface area contributed by atoms with Crippen LogP contribution in [0.3, 0.4) is 0 Å². The summed E-state index contributed by atoms with van der Waals surface area (Å²) in [5.74, 6) is 0.783. The van der Waals surface area contributed by atoms with Gasteiger partial charge in [0.2, 0.25) is 5.95 Å². The first-order chi connectivity index (χ1) is 12.5. The number of piperazine rings is 1. The molecule has 0 bridgehead atoms. The summed E-state index contributed by atoms with van der Waals surface area (Å²) >= 11 is 0. The minimum absolute atomic E-state index is 0.00567. The number of ketones is 2. The van der Waals surface area contributed by atoms with Crippen molar-refractivity contribution in [2.24, 2.45) is 0 Å². The average Bonchev–Trinajstić information content (AvgIpc) is 3.00. The molecule has 7 nitrogen and oxygen atoms in total. The summed E-state index contributed by atoms with van der Waals surface area (Å²) in [5.41, 5.74) is 2.88. The van der Waals surface area contributed by atoms with Crippen molar-refractivity contribution < 1.29 is 9.59 Å². The van der Waals surface area contributed by atoms with Crippen molar-refractivity contribution in [2.75, 3.05) is 37.6 Å². The lowest BCUT2D eigenvalue weighted by atomic mass is 10.0. The molecule has 0 spiro atoms. The van der Waals surface area contributed by atoms with Crippen molar-refractivity contribution >= 4 is 17.5 Å². The summed E-state index contributed by atoms with van der Waals surface area (Å²) in [6.45, 7) is 8.88. The van der Waals surface area contributed by atoms with Crippen molar-refractivity contribution in [2.45, 2.75) is 27.2 Å². The van der Waals surface area contributed by atoms with E-state index in [9.17, 15) is 9.59 Å². The van der Waals surface area contributed by atoms with E-state index in [1.165, 1.54) is 0 Å². The number of hydrogen-bond donors (Lipinski definition) is 1. The molecule has 0 aliphatic carbocycles. The molecule has 3 rings (SSSR count). The number of nitrogens with zero attached hydrogens (tertiary/aromatic N) is 4. The minimum Gasteiger partial charge on any atom is -0.355 e. The van der Waals surface area contributed by atoms with E-state index in [2.05, 4.69) is 24.8 Å². The highest BCUT2D eigenvalue weighted by atomic mass is 16.1. The Morgan fingerprint density at radius 1 is 1.15 bits per heavy atom. The van der Waals surface area contributed by atoms with Gasteiger partial charge in [0.15, 0.2) is 11.6 Å². The Morgan fingerprint density at radius 2 is 1.81 bits per heavy atom. The largest absolute Gasteiger partial charge is 0.355 e. The number of aromatic amines is 1. The van der Waals surface area contributed by atoms with Gasteiger partial charge >= 0.3 is 0 Å². The Morgan fingerprint density at radius 3 is 2.38 bits per heavy atom. The van der Waals surface area contributed by atoms with Crippen molar-refractivity contribution in [3.05, 3.63) is 41.0 Å². The first-order valence-corrected chi connectivity index (χ1v) is 9.01. The molecule has 1 aliphatic heterocycles. The highest BCUT2D eigenvalue weighted by molar-refractivity contribution is 6.04. The van der Waals surface area contributed by atoms with Gasteiger partial charge in [-0.15, -0.1) is 0 Å². The quantitative estimate of drug-likeness (QED) is 0.797. The van der Waals surface area contributed by atoms with E-state index < -0.39 is 0 Å². The fraction of sp³-hybridized carbons (Fsp3) is 0.474. The van der Waals surface area contributed by atoms with Gasteiger partial charge < -0.3 is 9.88 Å². The van der Waals surface area contributed by atoms with Gasteiger partial charge in [0.05, 0.1) is 12.2 Å². The van der Waals surface area contributed by atoms with Gasteiger partial charge in [-0.2, -0.15) is 0 Å². The van der Waals surface area contributed by atoms with E-state index in [4.69, 9.17) is 0 Å². The maximum absolute atomic E-state index is 12.8. The van der Waals surface area contributed by atoms with Crippen LogP contribution in [0.5, 0.6) is 0 Å². The predicted molar refractivity (Wildman–Crippen MR) is 99.9 cm³/mol. The molecule has 0 amide bonds. The highest BCUT2D eigenvalue weighted by Gasteiger charge is 2.25. The number of carbonyl (C=O) groups is 2. The number of H-pyrrole nitrogens is 1. The maximum Gasteiger partial charge on any atom is 0.225 e. The topological polar surface area (TPSA) is 82.2 Å². The monoisotopic (exact) mass is 355 g/mol. The second kappa shape index (κ2) is 7.78. The zero-order valence-electron chi connectivity index (χ0n) is 15.6. The number of anilines is 1. The maximum atomic E-state index is 12.8. The Labute approximate surface area is 153 Å². The molecular formula is C19H25N5O2. The first kappa shape index (κ1) is 18.3. The molecule has 1 aliphatic rings.